The van der Waals surface area contributed by atoms with Crippen LogP contribution in [0.4, 0.5) is 0 Å². The maximum atomic E-state index is 11.8. The highest BCUT2D eigenvalue weighted by molar-refractivity contribution is 7.85. The van der Waals surface area contributed by atoms with Crippen LogP contribution in [-0.4, -0.2) is 18.9 Å². The molecule has 6 heteroatoms. The van der Waals surface area contributed by atoms with Gasteiger partial charge in [-0.2, -0.15) is 8.42 Å². The normalized spacial score (nSPS) is 12.9. The van der Waals surface area contributed by atoms with Gasteiger partial charge in [-0.05, 0) is 30.2 Å². The fourth-order valence-corrected chi connectivity index (χ4v) is 2.64. The van der Waals surface area contributed by atoms with Crippen molar-refractivity contribution in [1.29, 1.82) is 0 Å². The number of unbranched alkanes of at least 4 members (excludes halogenated alkanes) is 3. The molecule has 0 bridgehead atoms. The Morgan fingerprint density at radius 2 is 1.82 bits per heavy atom. The molecule has 1 N–H and O–H groups in total. The summed E-state index contributed by atoms with van der Waals surface area (Å²) in [7, 11) is -4.22. The summed E-state index contributed by atoms with van der Waals surface area (Å²) in [5.41, 5.74) is 0. The minimum absolute atomic E-state index is 0.225. The van der Waals surface area contributed by atoms with E-state index >= 15 is 0 Å². The fourth-order valence-electron chi connectivity index (χ4n) is 2.16. The molecule has 0 heterocycles. The molecule has 124 valence electrons. The summed E-state index contributed by atoms with van der Waals surface area (Å²) in [6.45, 7) is 4.18. The van der Waals surface area contributed by atoms with Crippen molar-refractivity contribution in [3.8, 4) is 5.75 Å². The first kappa shape index (κ1) is 18.6. The molecule has 22 heavy (non-hydrogen) atoms. The maximum absolute atomic E-state index is 11.8. The first-order valence-corrected chi connectivity index (χ1v) is 9.05. The second-order valence-electron chi connectivity index (χ2n) is 5.58. The average Bonchev–Trinajstić information content (AvgIpc) is 2.43. The third-order valence-electron chi connectivity index (χ3n) is 3.42. The van der Waals surface area contributed by atoms with E-state index in [9.17, 15) is 13.2 Å². The summed E-state index contributed by atoms with van der Waals surface area (Å²) in [5.74, 6) is 0.208. The Bertz CT molecular complexity index is 563. The lowest BCUT2D eigenvalue weighted by molar-refractivity contribution is -0.135. The number of benzene rings is 1. The molecule has 0 aliphatic rings. The lowest BCUT2D eigenvalue weighted by Crippen LogP contribution is -2.12. The van der Waals surface area contributed by atoms with Crippen LogP contribution in [0.15, 0.2) is 29.2 Å². The van der Waals surface area contributed by atoms with Crippen molar-refractivity contribution in [2.24, 2.45) is 5.92 Å². The zero-order chi connectivity index (χ0) is 16.6. The summed E-state index contributed by atoms with van der Waals surface area (Å²) < 4.78 is 35.8. The predicted octanol–water partition coefficient (Wildman–Crippen LogP) is 3.84. The summed E-state index contributed by atoms with van der Waals surface area (Å²) in [6.07, 6.45) is 6.05. The Morgan fingerprint density at radius 1 is 1.18 bits per heavy atom. The minimum atomic E-state index is -4.22. The topological polar surface area (TPSA) is 80.7 Å². The van der Waals surface area contributed by atoms with E-state index in [0.29, 0.717) is 6.42 Å². The average molecular weight is 328 g/mol. The lowest BCUT2D eigenvalue weighted by atomic mass is 10.00. The fraction of sp³-hybridized carbons (Fsp3) is 0.562. The Balaban J connectivity index is 2.41. The quantitative estimate of drug-likeness (QED) is 0.322. The molecule has 0 radical (unpaired) electrons. The molecule has 0 saturated heterocycles. The van der Waals surface area contributed by atoms with Crippen molar-refractivity contribution < 1.29 is 22.5 Å². The maximum Gasteiger partial charge on any atom is 0.311 e. The number of hydrogen-bond acceptors (Lipinski definition) is 4. The van der Waals surface area contributed by atoms with E-state index in [-0.39, 0.29) is 22.5 Å². The molecule has 1 rings (SSSR count). The Morgan fingerprint density at radius 3 is 2.36 bits per heavy atom. The van der Waals surface area contributed by atoms with E-state index in [0.717, 1.165) is 12.8 Å². The standard InChI is InChI=1S/C16H24O5S/c1-3-4-5-6-7-13(2)12-16(17)21-14-8-10-15(11-9-14)22(18,19)20/h8-11,13H,3-7,12H2,1-2H3,(H,18,19,20). The van der Waals surface area contributed by atoms with Gasteiger partial charge in [-0.3, -0.25) is 9.35 Å². The summed E-state index contributed by atoms with van der Waals surface area (Å²) in [6, 6.07) is 5.11. The van der Waals surface area contributed by atoms with E-state index < -0.39 is 10.1 Å². The van der Waals surface area contributed by atoms with Gasteiger partial charge < -0.3 is 4.74 Å². The molecule has 0 saturated carbocycles. The van der Waals surface area contributed by atoms with Crippen LogP contribution in [0.25, 0.3) is 0 Å². The largest absolute Gasteiger partial charge is 0.427 e. The molecule has 0 aliphatic heterocycles. The summed E-state index contributed by atoms with van der Waals surface area (Å²) >= 11 is 0. The zero-order valence-corrected chi connectivity index (χ0v) is 13.9. The third kappa shape index (κ3) is 7.04. The number of esters is 1. The molecule has 1 aromatic rings. The van der Waals surface area contributed by atoms with E-state index in [1.165, 1.54) is 43.5 Å². The molecular formula is C16H24O5S. The molecular weight excluding hydrogens is 304 g/mol. The third-order valence-corrected chi connectivity index (χ3v) is 4.29. The van der Waals surface area contributed by atoms with Crippen LogP contribution in [0.3, 0.4) is 0 Å². The molecule has 0 fully saturated rings. The van der Waals surface area contributed by atoms with Gasteiger partial charge in [0.05, 0.1) is 4.90 Å². The molecule has 1 atom stereocenters. The Hall–Kier alpha value is -1.40. The number of ether oxygens (including phenoxy) is 1. The van der Waals surface area contributed by atoms with E-state index in [1.54, 1.807) is 0 Å². The molecule has 0 spiro atoms. The Kier molecular flexibility index (Phi) is 7.55. The number of carbonyl (C=O) groups excluding carboxylic acids is 1. The highest BCUT2D eigenvalue weighted by Gasteiger charge is 2.13. The van der Waals surface area contributed by atoms with Gasteiger partial charge in [-0.15, -0.1) is 0 Å². The number of carbonyl (C=O) groups is 1. The van der Waals surface area contributed by atoms with Crippen molar-refractivity contribution in [3.63, 3.8) is 0 Å². The van der Waals surface area contributed by atoms with Gasteiger partial charge in [-0.25, -0.2) is 0 Å². The lowest BCUT2D eigenvalue weighted by Gasteiger charge is -2.11. The van der Waals surface area contributed by atoms with Gasteiger partial charge in [0.25, 0.3) is 10.1 Å². The minimum Gasteiger partial charge on any atom is -0.427 e. The van der Waals surface area contributed by atoms with E-state index in [2.05, 4.69) is 6.92 Å². The molecule has 5 nitrogen and oxygen atoms in total. The zero-order valence-electron chi connectivity index (χ0n) is 13.1. The highest BCUT2D eigenvalue weighted by atomic mass is 32.2. The van der Waals surface area contributed by atoms with Crippen LogP contribution in [0.1, 0.15) is 52.4 Å². The number of hydrogen-bond donors (Lipinski definition) is 1. The van der Waals surface area contributed by atoms with E-state index in [1.807, 2.05) is 6.92 Å². The van der Waals surface area contributed by atoms with Crippen LogP contribution in [0.5, 0.6) is 5.75 Å². The molecule has 1 unspecified atom stereocenters. The van der Waals surface area contributed by atoms with Crippen molar-refractivity contribution in [1.82, 2.24) is 0 Å². The van der Waals surface area contributed by atoms with Crippen LogP contribution >= 0.6 is 0 Å². The second-order valence-corrected chi connectivity index (χ2v) is 7.00. The second kappa shape index (κ2) is 8.90. The molecule has 0 aromatic heterocycles. The van der Waals surface area contributed by atoms with Crippen molar-refractivity contribution in [2.75, 3.05) is 0 Å². The molecule has 0 aliphatic carbocycles. The first-order valence-electron chi connectivity index (χ1n) is 7.61. The first-order chi connectivity index (χ1) is 10.3. The van der Waals surface area contributed by atoms with Crippen LogP contribution in [-0.2, 0) is 14.9 Å². The van der Waals surface area contributed by atoms with Crippen molar-refractivity contribution >= 4 is 16.1 Å². The summed E-state index contributed by atoms with van der Waals surface area (Å²) in [5, 5.41) is 0. The SMILES string of the molecule is CCCCCCC(C)CC(=O)Oc1ccc(S(=O)(=O)O)cc1. The monoisotopic (exact) mass is 328 g/mol. The van der Waals surface area contributed by atoms with Gasteiger partial charge in [0.1, 0.15) is 5.75 Å². The van der Waals surface area contributed by atoms with Crippen LogP contribution in [0, 0.1) is 5.92 Å². The van der Waals surface area contributed by atoms with Gasteiger partial charge >= 0.3 is 5.97 Å². The smallest absolute Gasteiger partial charge is 0.311 e. The van der Waals surface area contributed by atoms with Gasteiger partial charge in [0, 0.05) is 6.42 Å². The van der Waals surface area contributed by atoms with Crippen LogP contribution in [0.2, 0.25) is 0 Å². The van der Waals surface area contributed by atoms with Crippen molar-refractivity contribution in [3.05, 3.63) is 24.3 Å². The highest BCUT2D eigenvalue weighted by Crippen LogP contribution is 2.18. The van der Waals surface area contributed by atoms with Gasteiger partial charge in [-0.1, -0.05) is 46.0 Å². The molecule has 1 aromatic carbocycles. The van der Waals surface area contributed by atoms with Gasteiger partial charge in [0.2, 0.25) is 0 Å². The Labute approximate surface area is 132 Å². The predicted molar refractivity (Wildman–Crippen MR) is 84.4 cm³/mol. The van der Waals surface area contributed by atoms with E-state index in [4.69, 9.17) is 9.29 Å². The van der Waals surface area contributed by atoms with Crippen LogP contribution < -0.4 is 4.74 Å². The number of rotatable bonds is 9. The summed E-state index contributed by atoms with van der Waals surface area (Å²) in [4.78, 5) is 11.6. The van der Waals surface area contributed by atoms with Gasteiger partial charge in [0.15, 0.2) is 0 Å². The van der Waals surface area contributed by atoms with Crippen molar-refractivity contribution in [2.45, 2.75) is 57.3 Å². The molecule has 0 amide bonds.